The molecule has 2 heterocycles. The van der Waals surface area contributed by atoms with Crippen LogP contribution in [0.25, 0.3) is 10.9 Å². The number of rotatable bonds is 6. The first kappa shape index (κ1) is 20.4. The fraction of sp³-hybridized carbons (Fsp3) is 0.318. The van der Waals surface area contributed by atoms with Crippen LogP contribution < -0.4 is 16.6 Å². The molecular weight excluding hydrogens is 406 g/mol. The molecule has 1 aromatic heterocycles. The number of para-hydroxylation sites is 1. The van der Waals surface area contributed by atoms with E-state index in [0.717, 1.165) is 23.0 Å². The van der Waals surface area contributed by atoms with Crippen molar-refractivity contribution in [3.8, 4) is 0 Å². The standard InChI is InChI=1S/C22H22ClN3O4/c23-16-6-3-5-15(11-16)13-26-21(28)18-8-1-2-9-19(18)25(22(26)29)14-20(27)24-12-17-7-4-10-30-17/h1-3,5-6,8-9,11,17H,4,7,10,12-14H2,(H,24,27)/t17-/m0/s1. The first-order valence-electron chi connectivity index (χ1n) is 9.88. The van der Waals surface area contributed by atoms with Crippen LogP contribution in [0.15, 0.2) is 58.1 Å². The highest BCUT2D eigenvalue weighted by Crippen LogP contribution is 2.13. The van der Waals surface area contributed by atoms with Crippen molar-refractivity contribution in [2.24, 2.45) is 0 Å². The number of ether oxygens (including phenoxy) is 1. The van der Waals surface area contributed by atoms with Gasteiger partial charge in [0.15, 0.2) is 0 Å². The first-order valence-corrected chi connectivity index (χ1v) is 10.3. The third kappa shape index (κ3) is 4.32. The van der Waals surface area contributed by atoms with E-state index in [9.17, 15) is 14.4 Å². The molecule has 0 saturated carbocycles. The second-order valence-electron chi connectivity index (χ2n) is 7.35. The number of carbonyl (C=O) groups excluding carboxylic acids is 1. The number of aromatic nitrogens is 2. The first-order chi connectivity index (χ1) is 14.5. The van der Waals surface area contributed by atoms with Crippen LogP contribution in [0.2, 0.25) is 5.02 Å². The zero-order chi connectivity index (χ0) is 21.1. The van der Waals surface area contributed by atoms with Gasteiger partial charge in [-0.15, -0.1) is 0 Å². The smallest absolute Gasteiger partial charge is 0.332 e. The minimum Gasteiger partial charge on any atom is -0.376 e. The lowest BCUT2D eigenvalue weighted by Gasteiger charge is -2.15. The van der Waals surface area contributed by atoms with Crippen molar-refractivity contribution in [3.63, 3.8) is 0 Å². The Hall–Kier alpha value is -2.90. The lowest BCUT2D eigenvalue weighted by molar-refractivity contribution is -0.122. The molecule has 1 N–H and O–H groups in total. The molecule has 1 atom stereocenters. The zero-order valence-electron chi connectivity index (χ0n) is 16.3. The Labute approximate surface area is 177 Å². The van der Waals surface area contributed by atoms with Gasteiger partial charge in [0.05, 0.1) is 23.6 Å². The van der Waals surface area contributed by atoms with Crippen LogP contribution in [0.1, 0.15) is 18.4 Å². The average Bonchev–Trinajstić information content (AvgIpc) is 3.26. The van der Waals surface area contributed by atoms with E-state index in [-0.39, 0.29) is 25.1 Å². The van der Waals surface area contributed by atoms with E-state index in [1.807, 2.05) is 0 Å². The van der Waals surface area contributed by atoms with Crippen LogP contribution in [-0.2, 0) is 22.6 Å². The molecule has 0 aliphatic carbocycles. The highest BCUT2D eigenvalue weighted by Gasteiger charge is 2.18. The minimum absolute atomic E-state index is 0.0131. The number of nitrogens with one attached hydrogen (secondary N) is 1. The molecule has 8 heteroatoms. The molecule has 3 aromatic rings. The maximum atomic E-state index is 13.2. The molecule has 7 nitrogen and oxygen atoms in total. The molecule has 0 radical (unpaired) electrons. The molecule has 2 aromatic carbocycles. The predicted octanol–water partition coefficient (Wildman–Crippen LogP) is 2.16. The summed E-state index contributed by atoms with van der Waals surface area (Å²) in [6, 6.07) is 13.8. The summed E-state index contributed by atoms with van der Waals surface area (Å²) in [5.41, 5.74) is 0.228. The van der Waals surface area contributed by atoms with Gasteiger partial charge in [-0.3, -0.25) is 18.7 Å². The highest BCUT2D eigenvalue weighted by atomic mass is 35.5. The summed E-state index contributed by atoms with van der Waals surface area (Å²) >= 11 is 6.04. The van der Waals surface area contributed by atoms with Crippen molar-refractivity contribution in [3.05, 3.63) is 80.0 Å². The van der Waals surface area contributed by atoms with Crippen molar-refractivity contribution >= 4 is 28.4 Å². The molecule has 1 amide bonds. The molecule has 4 rings (SSSR count). The number of amides is 1. The third-order valence-corrected chi connectivity index (χ3v) is 5.45. The molecule has 30 heavy (non-hydrogen) atoms. The van der Waals surface area contributed by atoms with E-state index in [0.29, 0.717) is 29.1 Å². The summed E-state index contributed by atoms with van der Waals surface area (Å²) in [7, 11) is 0. The Morgan fingerprint density at radius 2 is 1.97 bits per heavy atom. The molecule has 156 valence electrons. The molecule has 1 saturated heterocycles. The van der Waals surface area contributed by atoms with Gasteiger partial charge in [0.2, 0.25) is 5.91 Å². The van der Waals surface area contributed by atoms with Crippen molar-refractivity contribution in [1.29, 1.82) is 0 Å². The maximum Gasteiger partial charge on any atom is 0.332 e. The number of halogens is 1. The Balaban J connectivity index is 1.68. The molecule has 0 bridgehead atoms. The van der Waals surface area contributed by atoms with Crippen molar-refractivity contribution < 1.29 is 9.53 Å². The van der Waals surface area contributed by atoms with Crippen molar-refractivity contribution in [2.45, 2.75) is 32.0 Å². The van der Waals surface area contributed by atoms with E-state index in [1.54, 1.807) is 48.5 Å². The van der Waals surface area contributed by atoms with Crippen molar-refractivity contribution in [1.82, 2.24) is 14.5 Å². The summed E-state index contributed by atoms with van der Waals surface area (Å²) in [5.74, 6) is -0.300. The minimum atomic E-state index is -0.536. The largest absolute Gasteiger partial charge is 0.376 e. The number of hydrogen-bond acceptors (Lipinski definition) is 4. The Morgan fingerprint density at radius 1 is 1.13 bits per heavy atom. The van der Waals surface area contributed by atoms with Gasteiger partial charge in [-0.05, 0) is 42.7 Å². The van der Waals surface area contributed by atoms with Gasteiger partial charge in [0.25, 0.3) is 5.56 Å². The Kier molecular flexibility index (Phi) is 6.01. The van der Waals surface area contributed by atoms with E-state index in [2.05, 4.69) is 5.32 Å². The zero-order valence-corrected chi connectivity index (χ0v) is 17.1. The molecule has 0 unspecified atom stereocenters. The molecule has 0 spiro atoms. The van der Waals surface area contributed by atoms with E-state index >= 15 is 0 Å². The van der Waals surface area contributed by atoms with Crippen LogP contribution >= 0.6 is 11.6 Å². The summed E-state index contributed by atoms with van der Waals surface area (Å²) in [5, 5.41) is 3.73. The second-order valence-corrected chi connectivity index (χ2v) is 7.78. The van der Waals surface area contributed by atoms with Gasteiger partial charge in [0.1, 0.15) is 6.54 Å². The molecule has 1 aliphatic heterocycles. The Bertz CT molecular complexity index is 1190. The van der Waals surface area contributed by atoms with Crippen LogP contribution in [-0.4, -0.2) is 34.3 Å². The van der Waals surface area contributed by atoms with Gasteiger partial charge >= 0.3 is 5.69 Å². The summed E-state index contributed by atoms with van der Waals surface area (Å²) in [4.78, 5) is 38.7. The fourth-order valence-electron chi connectivity index (χ4n) is 3.71. The molecular formula is C22H22ClN3O4. The summed E-state index contributed by atoms with van der Waals surface area (Å²) in [6.45, 7) is 1.01. The van der Waals surface area contributed by atoms with E-state index in [4.69, 9.17) is 16.3 Å². The van der Waals surface area contributed by atoms with E-state index in [1.165, 1.54) is 4.57 Å². The van der Waals surface area contributed by atoms with Crippen LogP contribution in [0.3, 0.4) is 0 Å². The predicted molar refractivity (Wildman–Crippen MR) is 115 cm³/mol. The summed E-state index contributed by atoms with van der Waals surface area (Å²) in [6.07, 6.45) is 1.91. The number of nitrogens with zero attached hydrogens (tertiary/aromatic N) is 2. The van der Waals surface area contributed by atoms with Gasteiger partial charge in [0, 0.05) is 18.2 Å². The number of benzene rings is 2. The molecule has 1 fully saturated rings. The average molecular weight is 428 g/mol. The molecule has 1 aliphatic rings. The van der Waals surface area contributed by atoms with Crippen LogP contribution in [0.5, 0.6) is 0 Å². The normalized spacial score (nSPS) is 16.1. The van der Waals surface area contributed by atoms with E-state index < -0.39 is 11.2 Å². The summed E-state index contributed by atoms with van der Waals surface area (Å²) < 4.78 is 8.00. The SMILES string of the molecule is O=C(Cn1c(=O)n(Cc2cccc(Cl)c2)c(=O)c2ccccc21)NC[C@@H]1CCCO1. The van der Waals surface area contributed by atoms with Gasteiger partial charge in [-0.25, -0.2) is 4.79 Å². The lowest BCUT2D eigenvalue weighted by Crippen LogP contribution is -2.43. The fourth-order valence-corrected chi connectivity index (χ4v) is 3.93. The second kappa shape index (κ2) is 8.85. The van der Waals surface area contributed by atoms with Crippen molar-refractivity contribution in [2.75, 3.05) is 13.2 Å². The number of carbonyl (C=O) groups is 1. The Morgan fingerprint density at radius 3 is 2.73 bits per heavy atom. The maximum absolute atomic E-state index is 13.2. The number of fused-ring (bicyclic) bond motifs is 1. The highest BCUT2D eigenvalue weighted by molar-refractivity contribution is 6.30. The van der Waals surface area contributed by atoms with Gasteiger partial charge < -0.3 is 10.1 Å². The topological polar surface area (TPSA) is 82.3 Å². The third-order valence-electron chi connectivity index (χ3n) is 5.21. The monoisotopic (exact) mass is 427 g/mol. The number of hydrogen-bond donors (Lipinski definition) is 1. The quantitative estimate of drug-likeness (QED) is 0.653. The lowest BCUT2D eigenvalue weighted by atomic mass is 10.2. The van der Waals surface area contributed by atoms with Crippen LogP contribution in [0.4, 0.5) is 0 Å². The van der Waals surface area contributed by atoms with Gasteiger partial charge in [-0.2, -0.15) is 0 Å². The van der Waals surface area contributed by atoms with Crippen LogP contribution in [0, 0.1) is 0 Å². The van der Waals surface area contributed by atoms with Gasteiger partial charge in [-0.1, -0.05) is 35.9 Å².